The number of nitrogens with zero attached hydrogens (tertiary/aromatic N) is 4. The molecule has 0 fully saturated rings. The van der Waals surface area contributed by atoms with Crippen molar-refractivity contribution in [3.05, 3.63) is 70.3 Å². The molecule has 2 heterocycles. The third kappa shape index (κ3) is 4.18. The minimum atomic E-state index is -0.323. The molecule has 4 aromatic rings. The summed E-state index contributed by atoms with van der Waals surface area (Å²) in [6.45, 7) is 2.35. The first-order valence-electron chi connectivity index (χ1n) is 10.00. The van der Waals surface area contributed by atoms with Gasteiger partial charge in [0.15, 0.2) is 11.5 Å². The van der Waals surface area contributed by atoms with Crippen LogP contribution in [0.15, 0.2) is 53.6 Å². The number of nitrogens with one attached hydrogen (secondary N) is 2. The average molecular weight is 432 g/mol. The number of ether oxygens (including phenoxy) is 2. The number of aromatic amines is 1. The maximum Gasteiger partial charge on any atom is 0.282 e. The van der Waals surface area contributed by atoms with E-state index in [2.05, 4.69) is 25.3 Å². The zero-order valence-electron chi connectivity index (χ0n) is 18.3. The number of rotatable bonds is 7. The zero-order valence-corrected chi connectivity index (χ0v) is 18.3. The van der Waals surface area contributed by atoms with Gasteiger partial charge in [0.05, 0.1) is 25.1 Å². The van der Waals surface area contributed by atoms with Crippen molar-refractivity contribution in [3.63, 3.8) is 0 Å². The molecule has 4 rings (SSSR count). The van der Waals surface area contributed by atoms with Gasteiger partial charge in [-0.3, -0.25) is 4.79 Å². The fraction of sp³-hybridized carbons (Fsp3) is 0.217. The Kier molecular flexibility index (Phi) is 5.89. The maximum absolute atomic E-state index is 12.8. The van der Waals surface area contributed by atoms with Crippen LogP contribution in [0.4, 0.5) is 17.6 Å². The normalized spacial score (nSPS) is 10.8. The third-order valence-electron chi connectivity index (χ3n) is 5.11. The van der Waals surface area contributed by atoms with Gasteiger partial charge in [0, 0.05) is 43.3 Å². The molecule has 164 valence electrons. The van der Waals surface area contributed by atoms with Gasteiger partial charge in [0.1, 0.15) is 0 Å². The average Bonchev–Trinajstić information content (AvgIpc) is 2.79. The predicted molar refractivity (Wildman–Crippen MR) is 124 cm³/mol. The minimum Gasteiger partial charge on any atom is -0.493 e. The Morgan fingerprint density at radius 1 is 1.09 bits per heavy atom. The molecule has 0 radical (unpaired) electrons. The Hall–Kier alpha value is -4.14. The van der Waals surface area contributed by atoms with Crippen LogP contribution in [-0.4, -0.2) is 41.2 Å². The lowest BCUT2D eigenvalue weighted by molar-refractivity contribution is 0.354. The number of aromatic nitrogens is 4. The topological polar surface area (TPSA) is 105 Å². The van der Waals surface area contributed by atoms with Gasteiger partial charge < -0.3 is 24.7 Å². The number of hydrogen-bond donors (Lipinski definition) is 2. The van der Waals surface area contributed by atoms with E-state index in [1.54, 1.807) is 38.7 Å². The molecule has 2 N–H and O–H groups in total. The Labute approximate surface area is 185 Å². The van der Waals surface area contributed by atoms with Gasteiger partial charge in [0.25, 0.3) is 5.56 Å². The molecule has 0 aliphatic rings. The summed E-state index contributed by atoms with van der Waals surface area (Å²) in [6.07, 6.45) is 3.36. The molecule has 0 aliphatic carbocycles. The molecule has 0 atom stereocenters. The second-order valence-electron chi connectivity index (χ2n) is 7.28. The van der Waals surface area contributed by atoms with Crippen LogP contribution in [0, 0.1) is 6.92 Å². The van der Waals surface area contributed by atoms with Gasteiger partial charge in [0.2, 0.25) is 11.9 Å². The van der Waals surface area contributed by atoms with Gasteiger partial charge in [-0.2, -0.15) is 4.98 Å². The lowest BCUT2D eigenvalue weighted by atomic mass is 10.1. The van der Waals surface area contributed by atoms with Crippen LogP contribution in [0.1, 0.15) is 11.1 Å². The number of hydrogen-bond acceptors (Lipinski definition) is 8. The molecule has 0 spiro atoms. The summed E-state index contributed by atoms with van der Waals surface area (Å²) in [5.41, 5.74) is 2.90. The Morgan fingerprint density at radius 2 is 1.88 bits per heavy atom. The highest BCUT2D eigenvalue weighted by atomic mass is 16.5. The molecule has 9 heteroatoms. The van der Waals surface area contributed by atoms with E-state index in [0.717, 1.165) is 11.3 Å². The van der Waals surface area contributed by atoms with Crippen molar-refractivity contribution in [1.82, 2.24) is 19.9 Å². The van der Waals surface area contributed by atoms with E-state index in [9.17, 15) is 4.79 Å². The van der Waals surface area contributed by atoms with Crippen molar-refractivity contribution in [1.29, 1.82) is 0 Å². The Balaban J connectivity index is 1.62. The molecular formula is C23H24N6O3. The number of fused-ring (bicyclic) bond motifs is 1. The van der Waals surface area contributed by atoms with E-state index in [0.29, 0.717) is 46.4 Å². The first-order chi connectivity index (χ1) is 15.5. The van der Waals surface area contributed by atoms with Crippen LogP contribution in [0.5, 0.6) is 11.5 Å². The smallest absolute Gasteiger partial charge is 0.282 e. The van der Waals surface area contributed by atoms with E-state index in [-0.39, 0.29) is 5.56 Å². The van der Waals surface area contributed by atoms with Crippen molar-refractivity contribution in [2.45, 2.75) is 13.5 Å². The summed E-state index contributed by atoms with van der Waals surface area (Å²) in [7, 11) is 4.99. The summed E-state index contributed by atoms with van der Waals surface area (Å²) in [4.78, 5) is 30.6. The monoisotopic (exact) mass is 432 g/mol. The summed E-state index contributed by atoms with van der Waals surface area (Å²) < 4.78 is 10.8. The predicted octanol–water partition coefficient (Wildman–Crippen LogP) is 3.42. The van der Waals surface area contributed by atoms with Gasteiger partial charge >= 0.3 is 0 Å². The highest BCUT2D eigenvalue weighted by Crippen LogP contribution is 2.35. The first-order valence-corrected chi connectivity index (χ1v) is 10.00. The molecule has 32 heavy (non-hydrogen) atoms. The second-order valence-corrected chi connectivity index (χ2v) is 7.28. The van der Waals surface area contributed by atoms with Gasteiger partial charge in [-0.05, 0) is 30.7 Å². The standard InChI is InChI=1S/C23H24N6O3/c1-14-19-17(12-18(31-3)20(14)32-4)27-23(28-21(19)30)29(2)13-15-7-5-8-16(11-15)26-22-24-9-6-10-25-22/h5-12H,13H2,1-4H3,(H,24,25,26)(H,27,28,30). The molecule has 0 saturated carbocycles. The van der Waals surface area contributed by atoms with Gasteiger partial charge in [-0.25, -0.2) is 9.97 Å². The van der Waals surface area contributed by atoms with Gasteiger partial charge in [-0.1, -0.05) is 12.1 Å². The third-order valence-corrected chi connectivity index (χ3v) is 5.11. The summed E-state index contributed by atoms with van der Waals surface area (Å²) >= 11 is 0. The largest absolute Gasteiger partial charge is 0.493 e. The molecule has 9 nitrogen and oxygen atoms in total. The van der Waals surface area contributed by atoms with Crippen molar-refractivity contribution in [3.8, 4) is 11.5 Å². The molecule has 0 bridgehead atoms. The number of anilines is 3. The van der Waals surface area contributed by atoms with Crippen LogP contribution < -0.4 is 25.2 Å². The highest BCUT2D eigenvalue weighted by molar-refractivity contribution is 5.86. The van der Waals surface area contributed by atoms with E-state index in [1.807, 2.05) is 43.1 Å². The summed E-state index contributed by atoms with van der Waals surface area (Å²) in [6, 6.07) is 11.4. The zero-order chi connectivity index (χ0) is 22.7. The van der Waals surface area contributed by atoms with Crippen molar-refractivity contribution in [2.75, 3.05) is 31.5 Å². The maximum atomic E-state index is 12.8. The van der Waals surface area contributed by atoms with Crippen molar-refractivity contribution in [2.24, 2.45) is 0 Å². The van der Waals surface area contributed by atoms with Crippen LogP contribution in [-0.2, 0) is 6.54 Å². The molecule has 2 aromatic carbocycles. The van der Waals surface area contributed by atoms with E-state index >= 15 is 0 Å². The van der Waals surface area contributed by atoms with Gasteiger partial charge in [-0.15, -0.1) is 0 Å². The quantitative estimate of drug-likeness (QED) is 0.458. The van der Waals surface area contributed by atoms with Crippen LogP contribution >= 0.6 is 0 Å². The minimum absolute atomic E-state index is 0.323. The number of H-pyrrole nitrogens is 1. The lowest BCUT2D eigenvalue weighted by Crippen LogP contribution is -2.23. The molecule has 0 unspecified atom stereocenters. The van der Waals surface area contributed by atoms with Crippen LogP contribution in [0.2, 0.25) is 0 Å². The van der Waals surface area contributed by atoms with Crippen molar-refractivity contribution >= 4 is 28.5 Å². The Bertz CT molecular complexity index is 1310. The molecule has 0 aliphatic heterocycles. The fourth-order valence-corrected chi connectivity index (χ4v) is 3.62. The van der Waals surface area contributed by atoms with Crippen molar-refractivity contribution < 1.29 is 9.47 Å². The number of benzene rings is 2. The highest BCUT2D eigenvalue weighted by Gasteiger charge is 2.17. The molecule has 0 amide bonds. The number of methoxy groups -OCH3 is 2. The van der Waals surface area contributed by atoms with Crippen LogP contribution in [0.25, 0.3) is 10.9 Å². The summed E-state index contributed by atoms with van der Waals surface area (Å²) in [5.74, 6) is 2.06. The molecule has 2 aromatic heterocycles. The molecular weight excluding hydrogens is 408 g/mol. The molecule has 0 saturated heterocycles. The first kappa shape index (κ1) is 21.1. The fourth-order valence-electron chi connectivity index (χ4n) is 3.62. The number of aryl methyl sites for hydroxylation is 1. The lowest BCUT2D eigenvalue weighted by Gasteiger charge is -2.19. The van der Waals surface area contributed by atoms with E-state index in [4.69, 9.17) is 9.47 Å². The van der Waals surface area contributed by atoms with E-state index < -0.39 is 0 Å². The van der Waals surface area contributed by atoms with E-state index in [1.165, 1.54) is 0 Å². The SMILES string of the molecule is COc1cc2[nH]c(N(C)Cc3cccc(Nc4ncccn4)c3)nc(=O)c2c(C)c1OC. The second kappa shape index (κ2) is 8.93. The Morgan fingerprint density at radius 3 is 2.59 bits per heavy atom. The summed E-state index contributed by atoms with van der Waals surface area (Å²) in [5, 5.41) is 3.66. The van der Waals surface area contributed by atoms with Crippen LogP contribution in [0.3, 0.4) is 0 Å².